The highest BCUT2D eigenvalue weighted by molar-refractivity contribution is 7.89. The van der Waals surface area contributed by atoms with E-state index in [1.54, 1.807) is 11.2 Å². The van der Waals surface area contributed by atoms with Crippen LogP contribution in [-0.4, -0.2) is 49.6 Å². The Morgan fingerprint density at radius 2 is 1.96 bits per heavy atom. The van der Waals surface area contributed by atoms with Crippen molar-refractivity contribution in [3.05, 3.63) is 29.8 Å². The van der Waals surface area contributed by atoms with Crippen LogP contribution in [0.1, 0.15) is 56.9 Å². The third-order valence-corrected chi connectivity index (χ3v) is 8.29. The molecular formula is C21H30N2O4S. The number of rotatable bonds is 6. The van der Waals surface area contributed by atoms with Crippen LogP contribution in [0.4, 0.5) is 0 Å². The number of fused-ring (bicyclic) bond motifs is 1. The number of ether oxygens (including phenoxy) is 1. The first kappa shape index (κ1) is 19.7. The third kappa shape index (κ3) is 4.20. The third-order valence-electron chi connectivity index (χ3n) is 6.41. The molecule has 2 fully saturated rings. The number of amides is 1. The van der Waals surface area contributed by atoms with Crippen molar-refractivity contribution in [2.75, 3.05) is 25.4 Å². The summed E-state index contributed by atoms with van der Waals surface area (Å²) in [4.78, 5) is 12.5. The minimum atomic E-state index is -3.17. The predicted octanol–water partition coefficient (Wildman–Crippen LogP) is 2.65. The fourth-order valence-corrected chi connectivity index (χ4v) is 5.57. The summed E-state index contributed by atoms with van der Waals surface area (Å²) in [5, 5.41) is 3.08. The van der Waals surface area contributed by atoms with Crippen LogP contribution in [0.3, 0.4) is 0 Å². The molecule has 1 saturated heterocycles. The van der Waals surface area contributed by atoms with Crippen molar-refractivity contribution in [1.82, 2.24) is 9.62 Å². The van der Waals surface area contributed by atoms with E-state index in [9.17, 15) is 13.2 Å². The zero-order valence-electron chi connectivity index (χ0n) is 16.5. The van der Waals surface area contributed by atoms with Gasteiger partial charge in [-0.15, -0.1) is 0 Å². The molecule has 1 saturated carbocycles. The molecule has 0 aromatic heterocycles. The summed E-state index contributed by atoms with van der Waals surface area (Å²) >= 11 is 0. The van der Waals surface area contributed by atoms with E-state index in [0.29, 0.717) is 38.3 Å². The van der Waals surface area contributed by atoms with E-state index in [0.717, 1.165) is 24.3 Å². The van der Waals surface area contributed by atoms with Crippen molar-refractivity contribution < 1.29 is 17.9 Å². The lowest BCUT2D eigenvalue weighted by Gasteiger charge is -2.46. The Morgan fingerprint density at radius 3 is 2.64 bits per heavy atom. The number of carbonyl (C=O) groups excluding carboxylic acids is 1. The molecule has 1 aromatic rings. The lowest BCUT2D eigenvalue weighted by Crippen LogP contribution is -2.52. The Kier molecular flexibility index (Phi) is 5.40. The molecule has 28 heavy (non-hydrogen) atoms. The molecule has 3 aliphatic rings. The average molecular weight is 407 g/mol. The molecule has 0 unspecified atom stereocenters. The van der Waals surface area contributed by atoms with Crippen molar-refractivity contribution in [3.63, 3.8) is 0 Å². The van der Waals surface area contributed by atoms with Crippen molar-refractivity contribution >= 4 is 15.9 Å². The van der Waals surface area contributed by atoms with Crippen molar-refractivity contribution in [2.45, 2.75) is 57.0 Å². The van der Waals surface area contributed by atoms with Crippen LogP contribution in [0.5, 0.6) is 5.75 Å². The molecule has 4 rings (SSSR count). The smallest absolute Gasteiger partial charge is 0.220 e. The predicted molar refractivity (Wildman–Crippen MR) is 108 cm³/mol. The lowest BCUT2D eigenvalue weighted by atomic mass is 9.76. The Balaban J connectivity index is 1.47. The summed E-state index contributed by atoms with van der Waals surface area (Å²) in [5.41, 5.74) is 0.716. The van der Waals surface area contributed by atoms with Crippen LogP contribution in [-0.2, 0) is 14.8 Å². The highest BCUT2D eigenvalue weighted by atomic mass is 32.2. The van der Waals surface area contributed by atoms with Crippen molar-refractivity contribution in [2.24, 2.45) is 5.92 Å². The molecule has 2 aliphatic heterocycles. The van der Waals surface area contributed by atoms with E-state index < -0.39 is 10.0 Å². The normalized spacial score (nSPS) is 24.4. The quantitative estimate of drug-likeness (QED) is 0.788. The highest BCUT2D eigenvalue weighted by Crippen LogP contribution is 2.46. The van der Waals surface area contributed by atoms with Gasteiger partial charge >= 0.3 is 0 Å². The SMILES string of the molecule is CCS(=O)(=O)N1CCC2(CC1)C[C@H](CC(=O)NCC1CC1)c1ccccc1O2. The fraction of sp³-hybridized carbons (Fsp3) is 0.667. The number of nitrogens with one attached hydrogen (secondary N) is 1. The van der Waals surface area contributed by atoms with Gasteiger partial charge in [0.05, 0.1) is 5.75 Å². The van der Waals surface area contributed by atoms with Gasteiger partial charge in [0, 0.05) is 44.8 Å². The first-order valence-electron chi connectivity index (χ1n) is 10.4. The van der Waals surface area contributed by atoms with Crippen LogP contribution >= 0.6 is 0 Å². The van der Waals surface area contributed by atoms with E-state index in [-0.39, 0.29) is 23.2 Å². The second-order valence-corrected chi connectivity index (χ2v) is 10.7. The molecular weight excluding hydrogens is 376 g/mol. The van der Waals surface area contributed by atoms with Crippen molar-refractivity contribution in [1.29, 1.82) is 0 Å². The number of nitrogens with zero attached hydrogens (tertiary/aromatic N) is 1. The number of sulfonamides is 1. The van der Waals surface area contributed by atoms with Crippen LogP contribution in [0, 0.1) is 5.92 Å². The molecule has 1 atom stereocenters. The molecule has 1 amide bonds. The van der Waals surface area contributed by atoms with Gasteiger partial charge in [0.25, 0.3) is 0 Å². The second kappa shape index (κ2) is 7.67. The minimum absolute atomic E-state index is 0.106. The Hall–Kier alpha value is -1.60. The zero-order chi connectivity index (χ0) is 19.8. The maximum atomic E-state index is 12.5. The van der Waals surface area contributed by atoms with Gasteiger partial charge in [0.2, 0.25) is 15.9 Å². The van der Waals surface area contributed by atoms with Crippen LogP contribution in [0.2, 0.25) is 0 Å². The van der Waals surface area contributed by atoms with E-state index in [2.05, 4.69) is 11.4 Å². The van der Waals surface area contributed by atoms with Gasteiger partial charge in [-0.1, -0.05) is 18.2 Å². The molecule has 1 N–H and O–H groups in total. The summed E-state index contributed by atoms with van der Waals surface area (Å²) in [5.74, 6) is 1.86. The Bertz CT molecular complexity index is 827. The Morgan fingerprint density at radius 1 is 1.25 bits per heavy atom. The molecule has 7 heteroatoms. The van der Waals surface area contributed by atoms with E-state index in [1.165, 1.54) is 12.8 Å². The zero-order valence-corrected chi connectivity index (χ0v) is 17.3. The molecule has 2 heterocycles. The minimum Gasteiger partial charge on any atom is -0.487 e. The summed E-state index contributed by atoms with van der Waals surface area (Å²) < 4.78 is 32.4. The summed E-state index contributed by atoms with van der Waals surface area (Å²) in [7, 11) is -3.17. The van der Waals surface area contributed by atoms with Crippen molar-refractivity contribution in [3.8, 4) is 5.75 Å². The maximum absolute atomic E-state index is 12.5. The standard InChI is InChI=1S/C21H30N2O4S/c1-2-28(25,26)23-11-9-21(10-12-23)14-17(13-20(24)22-15-16-7-8-16)18-5-3-4-6-19(18)27-21/h3-6,16-17H,2,7-15H2,1H3,(H,22,24)/t17-/m0/s1. The van der Waals surface area contributed by atoms with Gasteiger partial charge in [-0.2, -0.15) is 0 Å². The van der Waals surface area contributed by atoms with Crippen LogP contribution in [0.15, 0.2) is 24.3 Å². The van der Waals surface area contributed by atoms with E-state index in [4.69, 9.17) is 4.74 Å². The molecule has 0 bridgehead atoms. The summed E-state index contributed by atoms with van der Waals surface area (Å²) in [6.07, 6.45) is 5.01. The Labute approximate surface area is 167 Å². The first-order valence-corrected chi connectivity index (χ1v) is 12.0. The fourth-order valence-electron chi connectivity index (χ4n) is 4.46. The van der Waals surface area contributed by atoms with Gasteiger partial charge in [0.1, 0.15) is 11.4 Å². The number of piperidine rings is 1. The number of hydrogen-bond donors (Lipinski definition) is 1. The molecule has 6 nitrogen and oxygen atoms in total. The first-order chi connectivity index (χ1) is 13.4. The lowest BCUT2D eigenvalue weighted by molar-refractivity contribution is -0.122. The average Bonchev–Trinajstić information content (AvgIpc) is 3.51. The number of para-hydroxylation sites is 1. The summed E-state index contributed by atoms with van der Waals surface area (Å²) in [6.45, 7) is 3.44. The van der Waals surface area contributed by atoms with Crippen LogP contribution < -0.4 is 10.1 Å². The van der Waals surface area contributed by atoms with Gasteiger partial charge in [0.15, 0.2) is 0 Å². The topological polar surface area (TPSA) is 75.7 Å². The van der Waals surface area contributed by atoms with E-state index in [1.807, 2.05) is 18.2 Å². The molecule has 0 radical (unpaired) electrons. The molecule has 1 aliphatic carbocycles. The summed E-state index contributed by atoms with van der Waals surface area (Å²) in [6, 6.07) is 7.97. The van der Waals surface area contributed by atoms with Gasteiger partial charge < -0.3 is 10.1 Å². The molecule has 1 aromatic carbocycles. The molecule has 1 spiro atoms. The number of carbonyl (C=O) groups is 1. The molecule has 154 valence electrons. The maximum Gasteiger partial charge on any atom is 0.220 e. The van der Waals surface area contributed by atoms with Gasteiger partial charge in [-0.05, 0) is 43.7 Å². The largest absolute Gasteiger partial charge is 0.487 e. The van der Waals surface area contributed by atoms with E-state index >= 15 is 0 Å². The van der Waals surface area contributed by atoms with Gasteiger partial charge in [-0.25, -0.2) is 12.7 Å². The number of benzene rings is 1. The number of hydrogen-bond acceptors (Lipinski definition) is 4. The second-order valence-electron chi connectivity index (χ2n) is 8.48. The highest BCUT2D eigenvalue weighted by Gasteiger charge is 2.45. The van der Waals surface area contributed by atoms with Gasteiger partial charge in [-0.3, -0.25) is 4.79 Å². The monoisotopic (exact) mass is 406 g/mol. The van der Waals surface area contributed by atoms with Crippen LogP contribution in [0.25, 0.3) is 0 Å².